The number of nitrogens with zero attached hydrogens (tertiary/aromatic N) is 1. The molecule has 0 saturated heterocycles. The highest BCUT2D eigenvalue weighted by atomic mass is 32.2. The van der Waals surface area contributed by atoms with Crippen molar-refractivity contribution < 1.29 is 8.49 Å². The average Bonchev–Trinajstić information content (AvgIpc) is 2.40. The van der Waals surface area contributed by atoms with Gasteiger partial charge >= 0.3 is 0 Å². The Morgan fingerprint density at radius 2 is 1.56 bits per heavy atom. The van der Waals surface area contributed by atoms with Crippen LogP contribution in [0.25, 0.3) is 0 Å². The fourth-order valence-electron chi connectivity index (χ4n) is 1.56. The molecule has 4 heteroatoms. The SMILES string of the molecule is CN(Cc1ccccc1)OS(=O)c1ccccc1. The van der Waals surface area contributed by atoms with Crippen LogP contribution in [-0.2, 0) is 21.9 Å². The van der Waals surface area contributed by atoms with Crippen molar-refractivity contribution in [3.05, 3.63) is 66.2 Å². The van der Waals surface area contributed by atoms with E-state index in [0.717, 1.165) is 5.56 Å². The maximum atomic E-state index is 11.9. The zero-order valence-electron chi connectivity index (χ0n) is 10.2. The first-order chi connectivity index (χ1) is 8.75. The van der Waals surface area contributed by atoms with Crippen LogP contribution in [0, 0.1) is 0 Å². The second-order valence-electron chi connectivity index (χ2n) is 3.89. The fraction of sp³-hybridized carbons (Fsp3) is 0.143. The topological polar surface area (TPSA) is 29.5 Å². The van der Waals surface area contributed by atoms with E-state index in [1.807, 2.05) is 48.5 Å². The molecule has 2 aromatic rings. The summed E-state index contributed by atoms with van der Waals surface area (Å²) in [7, 11) is 1.77. The third-order valence-electron chi connectivity index (χ3n) is 2.38. The number of hydrogen-bond donors (Lipinski definition) is 0. The quantitative estimate of drug-likeness (QED) is 0.775. The second kappa shape index (κ2) is 6.44. The molecule has 0 fully saturated rings. The zero-order chi connectivity index (χ0) is 12.8. The predicted octanol–water partition coefficient (Wildman–Crippen LogP) is 2.77. The van der Waals surface area contributed by atoms with Crippen molar-refractivity contribution in [2.45, 2.75) is 11.4 Å². The van der Waals surface area contributed by atoms with Crippen LogP contribution in [-0.4, -0.2) is 16.3 Å². The molecule has 0 aliphatic heterocycles. The molecule has 0 saturated carbocycles. The monoisotopic (exact) mass is 261 g/mol. The molecule has 2 aromatic carbocycles. The molecule has 0 spiro atoms. The minimum absolute atomic E-state index is 0.597. The Hall–Kier alpha value is -1.49. The third kappa shape index (κ3) is 3.77. The van der Waals surface area contributed by atoms with Crippen molar-refractivity contribution >= 4 is 11.1 Å². The normalized spacial score (nSPS) is 12.6. The van der Waals surface area contributed by atoms with Gasteiger partial charge in [-0.1, -0.05) is 48.5 Å². The number of hydrogen-bond acceptors (Lipinski definition) is 3. The molecule has 0 amide bonds. The number of rotatable bonds is 5. The van der Waals surface area contributed by atoms with Crippen molar-refractivity contribution in [3.8, 4) is 0 Å². The lowest BCUT2D eigenvalue weighted by Gasteiger charge is -2.15. The van der Waals surface area contributed by atoms with Gasteiger partial charge in [0, 0.05) is 7.05 Å². The van der Waals surface area contributed by atoms with Crippen LogP contribution in [0.15, 0.2) is 65.6 Å². The summed E-state index contributed by atoms with van der Waals surface area (Å²) in [4.78, 5) is 0.664. The minimum Gasteiger partial charge on any atom is -0.223 e. The summed E-state index contributed by atoms with van der Waals surface area (Å²) in [5.41, 5.74) is 1.12. The van der Waals surface area contributed by atoms with Gasteiger partial charge in [-0.2, -0.15) is 9.35 Å². The molecule has 1 atom stereocenters. The Morgan fingerprint density at radius 1 is 1.00 bits per heavy atom. The Balaban J connectivity index is 1.92. The molecule has 94 valence electrons. The standard InChI is InChI=1S/C14H15NO2S/c1-15(12-13-8-4-2-5-9-13)17-18(16)14-10-6-3-7-11-14/h2-11H,12H2,1H3. The van der Waals surface area contributed by atoms with E-state index in [4.69, 9.17) is 4.28 Å². The Morgan fingerprint density at radius 3 is 2.17 bits per heavy atom. The molecular formula is C14H15NO2S. The molecule has 0 aromatic heterocycles. The van der Waals surface area contributed by atoms with Crippen molar-refractivity contribution in [1.82, 2.24) is 5.06 Å². The summed E-state index contributed by atoms with van der Waals surface area (Å²) < 4.78 is 17.2. The highest BCUT2D eigenvalue weighted by Gasteiger charge is 2.08. The molecular weight excluding hydrogens is 246 g/mol. The van der Waals surface area contributed by atoms with Crippen LogP contribution in [0.4, 0.5) is 0 Å². The molecule has 3 nitrogen and oxygen atoms in total. The molecule has 0 heterocycles. The van der Waals surface area contributed by atoms with Crippen molar-refractivity contribution in [2.75, 3.05) is 7.05 Å². The summed E-state index contributed by atoms with van der Waals surface area (Å²) in [6.45, 7) is 0.597. The fourth-order valence-corrected chi connectivity index (χ4v) is 2.31. The summed E-state index contributed by atoms with van der Waals surface area (Å²) in [5.74, 6) is 0. The van der Waals surface area contributed by atoms with Crippen molar-refractivity contribution in [2.24, 2.45) is 0 Å². The van der Waals surface area contributed by atoms with Crippen molar-refractivity contribution in [1.29, 1.82) is 0 Å². The zero-order valence-corrected chi connectivity index (χ0v) is 11.0. The predicted molar refractivity (Wildman–Crippen MR) is 71.8 cm³/mol. The van der Waals surface area contributed by atoms with Gasteiger partial charge in [-0.05, 0) is 17.7 Å². The van der Waals surface area contributed by atoms with E-state index in [1.165, 1.54) is 0 Å². The van der Waals surface area contributed by atoms with Crippen LogP contribution in [0.1, 0.15) is 5.56 Å². The van der Waals surface area contributed by atoms with Crippen molar-refractivity contribution in [3.63, 3.8) is 0 Å². The van der Waals surface area contributed by atoms with Gasteiger partial charge in [0.2, 0.25) is 11.1 Å². The van der Waals surface area contributed by atoms with Gasteiger partial charge in [-0.15, -0.1) is 0 Å². The average molecular weight is 261 g/mol. The first-order valence-corrected chi connectivity index (χ1v) is 6.73. The number of hydroxylamine groups is 2. The summed E-state index contributed by atoms with van der Waals surface area (Å²) in [6, 6.07) is 19.0. The maximum absolute atomic E-state index is 11.9. The van der Waals surface area contributed by atoms with Gasteiger partial charge in [-0.3, -0.25) is 0 Å². The van der Waals surface area contributed by atoms with E-state index in [2.05, 4.69) is 0 Å². The molecule has 0 bridgehead atoms. The van der Waals surface area contributed by atoms with E-state index in [-0.39, 0.29) is 0 Å². The molecule has 2 rings (SSSR count). The van der Waals surface area contributed by atoms with Gasteiger partial charge in [0.25, 0.3) is 0 Å². The van der Waals surface area contributed by atoms with E-state index < -0.39 is 11.1 Å². The summed E-state index contributed by atoms with van der Waals surface area (Å²) >= 11 is -1.46. The van der Waals surface area contributed by atoms with Crippen LogP contribution in [0.5, 0.6) is 0 Å². The lowest BCUT2D eigenvalue weighted by Crippen LogP contribution is -2.19. The van der Waals surface area contributed by atoms with Crippen LogP contribution >= 0.6 is 0 Å². The van der Waals surface area contributed by atoms with Crippen LogP contribution in [0.3, 0.4) is 0 Å². The van der Waals surface area contributed by atoms with Gasteiger partial charge in [0.1, 0.15) is 0 Å². The summed E-state index contributed by atoms with van der Waals surface area (Å²) in [6.07, 6.45) is 0. The minimum atomic E-state index is -1.46. The first kappa shape index (κ1) is 13.0. The molecule has 0 aliphatic rings. The molecule has 1 unspecified atom stereocenters. The van der Waals surface area contributed by atoms with E-state index in [1.54, 1.807) is 24.2 Å². The highest BCUT2D eigenvalue weighted by molar-refractivity contribution is 7.80. The second-order valence-corrected chi connectivity index (χ2v) is 4.98. The first-order valence-electron chi connectivity index (χ1n) is 5.66. The maximum Gasteiger partial charge on any atom is 0.206 e. The molecule has 0 N–H and O–H groups in total. The third-order valence-corrected chi connectivity index (χ3v) is 3.43. The van der Waals surface area contributed by atoms with Gasteiger partial charge in [0.15, 0.2) is 0 Å². The lowest BCUT2D eigenvalue weighted by atomic mass is 10.2. The van der Waals surface area contributed by atoms with E-state index in [0.29, 0.717) is 11.4 Å². The van der Waals surface area contributed by atoms with E-state index >= 15 is 0 Å². The molecule has 18 heavy (non-hydrogen) atoms. The molecule has 0 aliphatic carbocycles. The van der Waals surface area contributed by atoms with Gasteiger partial charge in [0.05, 0.1) is 11.4 Å². The van der Waals surface area contributed by atoms with Crippen LogP contribution < -0.4 is 0 Å². The smallest absolute Gasteiger partial charge is 0.206 e. The van der Waals surface area contributed by atoms with Gasteiger partial charge in [-0.25, -0.2) is 4.21 Å². The lowest BCUT2D eigenvalue weighted by molar-refractivity contribution is -0.0251. The Bertz CT molecular complexity index is 502. The van der Waals surface area contributed by atoms with Crippen LogP contribution in [0.2, 0.25) is 0 Å². The van der Waals surface area contributed by atoms with E-state index in [9.17, 15) is 4.21 Å². The molecule has 0 radical (unpaired) electrons. The van der Waals surface area contributed by atoms with Gasteiger partial charge < -0.3 is 0 Å². The largest absolute Gasteiger partial charge is 0.223 e. The number of benzene rings is 2. The summed E-state index contributed by atoms with van der Waals surface area (Å²) in [5, 5.41) is 1.58. The Labute approximate surface area is 110 Å². The highest BCUT2D eigenvalue weighted by Crippen LogP contribution is 2.10. The Kier molecular flexibility index (Phi) is 4.64.